The molecule has 0 saturated carbocycles. The fraction of sp³-hybridized carbons (Fsp3) is 0.364. The highest BCUT2D eigenvalue weighted by molar-refractivity contribution is 7.92. The van der Waals surface area contributed by atoms with E-state index in [0.717, 1.165) is 24.5 Å². The largest absolute Gasteiger partial charge is 0.293 e. The molecule has 0 fully saturated rings. The molecule has 1 unspecified atom stereocenters. The molecule has 0 radical (unpaired) electrons. The quantitative estimate of drug-likeness (QED) is 0.733. The van der Waals surface area contributed by atoms with Crippen molar-refractivity contribution >= 4 is 26.4 Å². The molecule has 106 valence electrons. The Balaban J connectivity index is 2.64. The van der Waals surface area contributed by atoms with Crippen LogP contribution >= 0.6 is 0 Å². The topological polar surface area (TPSA) is 68.3 Å². The van der Waals surface area contributed by atoms with Gasteiger partial charge >= 0.3 is 0 Å². The van der Waals surface area contributed by atoms with Gasteiger partial charge in [-0.1, -0.05) is 0 Å². The van der Waals surface area contributed by atoms with Crippen molar-refractivity contribution in [1.82, 2.24) is 0 Å². The SMILES string of the molecule is CS(=O)(=O)CCS(=O)CC(=O)c1ccc(F)c(F)c1. The first-order chi connectivity index (χ1) is 8.69. The molecule has 0 aliphatic heterocycles. The molecule has 1 rings (SSSR count). The van der Waals surface area contributed by atoms with Gasteiger partial charge in [-0.3, -0.25) is 9.00 Å². The summed E-state index contributed by atoms with van der Waals surface area (Å²) in [6.45, 7) is 0. The standard InChI is InChI=1S/C11H12F2O4S2/c1-19(16,17)5-4-18(15)7-11(14)8-2-3-9(12)10(13)6-8/h2-3,6H,4-5,7H2,1H3. The Morgan fingerprint density at radius 3 is 2.42 bits per heavy atom. The molecule has 1 aromatic rings. The van der Waals surface area contributed by atoms with Crippen LogP contribution in [0, 0.1) is 11.6 Å². The van der Waals surface area contributed by atoms with Crippen molar-refractivity contribution in [3.05, 3.63) is 35.4 Å². The van der Waals surface area contributed by atoms with E-state index in [0.29, 0.717) is 0 Å². The highest BCUT2D eigenvalue weighted by Crippen LogP contribution is 2.09. The number of hydrogen-bond donors (Lipinski definition) is 0. The van der Waals surface area contributed by atoms with Gasteiger partial charge in [0.05, 0.1) is 11.5 Å². The molecule has 0 aliphatic rings. The van der Waals surface area contributed by atoms with Crippen LogP contribution in [0.25, 0.3) is 0 Å². The average Bonchev–Trinajstić information content (AvgIpc) is 2.29. The number of halogens is 2. The van der Waals surface area contributed by atoms with Gasteiger partial charge in [-0.05, 0) is 18.2 Å². The van der Waals surface area contributed by atoms with Gasteiger partial charge < -0.3 is 0 Å². The van der Waals surface area contributed by atoms with Crippen molar-refractivity contribution in [1.29, 1.82) is 0 Å². The second-order valence-electron chi connectivity index (χ2n) is 3.97. The van der Waals surface area contributed by atoms with Gasteiger partial charge in [0.1, 0.15) is 9.84 Å². The van der Waals surface area contributed by atoms with Crippen LogP contribution in [0.1, 0.15) is 10.4 Å². The third kappa shape index (κ3) is 5.56. The van der Waals surface area contributed by atoms with Gasteiger partial charge in [-0.25, -0.2) is 17.2 Å². The van der Waals surface area contributed by atoms with Gasteiger partial charge in [0.25, 0.3) is 0 Å². The van der Waals surface area contributed by atoms with Crippen molar-refractivity contribution < 1.29 is 26.2 Å². The van der Waals surface area contributed by atoms with E-state index >= 15 is 0 Å². The fourth-order valence-electron chi connectivity index (χ4n) is 1.22. The monoisotopic (exact) mass is 310 g/mol. The van der Waals surface area contributed by atoms with Crippen LogP contribution in [0.5, 0.6) is 0 Å². The van der Waals surface area contributed by atoms with Crippen molar-refractivity contribution in [3.8, 4) is 0 Å². The molecule has 19 heavy (non-hydrogen) atoms. The molecule has 4 nitrogen and oxygen atoms in total. The van der Waals surface area contributed by atoms with Crippen LogP contribution in [0.3, 0.4) is 0 Å². The minimum absolute atomic E-state index is 0.0911. The van der Waals surface area contributed by atoms with Crippen molar-refractivity contribution in [2.45, 2.75) is 0 Å². The van der Waals surface area contributed by atoms with Crippen LogP contribution in [0.15, 0.2) is 18.2 Å². The molecule has 0 aliphatic carbocycles. The fourth-order valence-corrected chi connectivity index (χ4v) is 3.77. The summed E-state index contributed by atoms with van der Waals surface area (Å²) >= 11 is 0. The Morgan fingerprint density at radius 2 is 1.89 bits per heavy atom. The lowest BCUT2D eigenvalue weighted by atomic mass is 10.1. The van der Waals surface area contributed by atoms with Gasteiger partial charge in [-0.2, -0.15) is 0 Å². The van der Waals surface area contributed by atoms with E-state index in [9.17, 15) is 26.2 Å². The first-order valence-electron chi connectivity index (χ1n) is 5.20. The third-order valence-electron chi connectivity index (χ3n) is 2.22. The molecule has 0 heterocycles. The minimum Gasteiger partial charge on any atom is -0.293 e. The number of carbonyl (C=O) groups is 1. The van der Waals surface area contributed by atoms with Gasteiger partial charge in [0, 0.05) is 28.4 Å². The van der Waals surface area contributed by atoms with E-state index in [1.54, 1.807) is 0 Å². The molecule has 1 aromatic carbocycles. The van der Waals surface area contributed by atoms with Crippen molar-refractivity contribution in [2.75, 3.05) is 23.5 Å². The normalized spacial score (nSPS) is 13.2. The van der Waals surface area contributed by atoms with E-state index in [-0.39, 0.29) is 17.1 Å². The first-order valence-corrected chi connectivity index (χ1v) is 8.75. The van der Waals surface area contributed by atoms with Crippen LogP contribution in [-0.4, -0.2) is 41.9 Å². The number of ketones is 1. The maximum atomic E-state index is 12.9. The summed E-state index contributed by atoms with van der Waals surface area (Å²) in [5, 5.41) is 0. The second-order valence-corrected chi connectivity index (χ2v) is 7.81. The summed E-state index contributed by atoms with van der Waals surface area (Å²) in [5.41, 5.74) is -0.0911. The Bertz CT molecular complexity index is 611. The molecule has 0 aromatic heterocycles. The molecular weight excluding hydrogens is 298 g/mol. The van der Waals surface area contributed by atoms with Gasteiger partial charge in [-0.15, -0.1) is 0 Å². The molecule has 8 heteroatoms. The lowest BCUT2D eigenvalue weighted by molar-refractivity contribution is 0.102. The lowest BCUT2D eigenvalue weighted by Gasteiger charge is -2.02. The summed E-state index contributed by atoms with van der Waals surface area (Å²) < 4.78 is 58.8. The minimum atomic E-state index is -3.25. The molecular formula is C11H12F2O4S2. The van der Waals surface area contributed by atoms with Crippen LogP contribution in [0.4, 0.5) is 8.78 Å². The predicted molar refractivity (Wildman–Crippen MR) is 68.3 cm³/mol. The number of carbonyl (C=O) groups excluding carboxylic acids is 1. The van der Waals surface area contributed by atoms with E-state index in [2.05, 4.69) is 0 Å². The highest BCUT2D eigenvalue weighted by Gasteiger charge is 2.14. The Kier molecular flexibility index (Phi) is 5.30. The first kappa shape index (κ1) is 15.9. The number of rotatable bonds is 6. The summed E-state index contributed by atoms with van der Waals surface area (Å²) in [4.78, 5) is 11.6. The van der Waals surface area contributed by atoms with E-state index in [4.69, 9.17) is 0 Å². The maximum absolute atomic E-state index is 12.9. The van der Waals surface area contributed by atoms with Gasteiger partial charge in [0.15, 0.2) is 17.4 Å². The van der Waals surface area contributed by atoms with Crippen LogP contribution in [-0.2, 0) is 20.6 Å². The zero-order valence-electron chi connectivity index (χ0n) is 10.1. The number of hydrogen-bond acceptors (Lipinski definition) is 4. The smallest absolute Gasteiger partial charge is 0.175 e. The molecule has 0 N–H and O–H groups in total. The molecule has 0 saturated heterocycles. The second kappa shape index (κ2) is 6.33. The number of benzene rings is 1. The van der Waals surface area contributed by atoms with E-state index < -0.39 is 43.8 Å². The van der Waals surface area contributed by atoms with Crippen LogP contribution in [0.2, 0.25) is 0 Å². The zero-order chi connectivity index (χ0) is 14.6. The Labute approximate surface area is 112 Å². The average molecular weight is 310 g/mol. The van der Waals surface area contributed by atoms with Crippen molar-refractivity contribution in [3.63, 3.8) is 0 Å². The Hall–Kier alpha value is -1.15. The van der Waals surface area contributed by atoms with Crippen molar-refractivity contribution in [2.24, 2.45) is 0 Å². The summed E-state index contributed by atoms with van der Waals surface area (Å²) in [7, 11) is -4.90. The summed E-state index contributed by atoms with van der Waals surface area (Å²) in [6.07, 6.45) is 1.00. The Morgan fingerprint density at radius 1 is 1.26 bits per heavy atom. The van der Waals surface area contributed by atoms with Gasteiger partial charge in [0.2, 0.25) is 0 Å². The molecule has 0 amide bonds. The van der Waals surface area contributed by atoms with Crippen LogP contribution < -0.4 is 0 Å². The third-order valence-corrected chi connectivity index (χ3v) is 4.66. The predicted octanol–water partition coefficient (Wildman–Crippen LogP) is 0.941. The number of Topliss-reactive ketones (excluding diaryl/α,β-unsaturated/α-hetero) is 1. The zero-order valence-corrected chi connectivity index (χ0v) is 11.7. The molecule has 1 atom stereocenters. The van der Waals surface area contributed by atoms with E-state index in [1.807, 2.05) is 0 Å². The lowest BCUT2D eigenvalue weighted by Crippen LogP contribution is -2.18. The highest BCUT2D eigenvalue weighted by atomic mass is 32.2. The molecule has 0 bridgehead atoms. The molecule has 0 spiro atoms. The summed E-state index contributed by atoms with van der Waals surface area (Å²) in [6, 6.07) is 2.63. The maximum Gasteiger partial charge on any atom is 0.175 e. The summed E-state index contributed by atoms with van der Waals surface area (Å²) in [5.74, 6) is -3.72. The number of sulfone groups is 1. The van der Waals surface area contributed by atoms with E-state index in [1.165, 1.54) is 0 Å².